The first-order valence-corrected chi connectivity index (χ1v) is 7.71. The van der Waals surface area contributed by atoms with Gasteiger partial charge in [-0.25, -0.2) is 8.78 Å². The average molecular weight is 351 g/mol. The first-order chi connectivity index (χ1) is 11.5. The predicted molar refractivity (Wildman–Crippen MR) is 82.3 cm³/mol. The fourth-order valence-electron chi connectivity index (χ4n) is 1.78. The van der Waals surface area contributed by atoms with Crippen LogP contribution < -0.4 is 5.32 Å². The third-order valence-corrected chi connectivity index (χ3v) is 3.91. The minimum Gasteiger partial charge on any atom is -0.459 e. The van der Waals surface area contributed by atoms with Crippen molar-refractivity contribution in [2.75, 3.05) is 5.32 Å². The van der Waals surface area contributed by atoms with Crippen LogP contribution in [0.3, 0.4) is 0 Å². The van der Waals surface area contributed by atoms with E-state index in [4.69, 9.17) is 8.83 Å². The van der Waals surface area contributed by atoms with E-state index in [0.717, 1.165) is 23.9 Å². The van der Waals surface area contributed by atoms with Crippen molar-refractivity contribution < 1.29 is 22.4 Å². The van der Waals surface area contributed by atoms with Crippen molar-refractivity contribution in [2.45, 2.75) is 17.4 Å². The number of furan rings is 1. The number of carbonyl (C=O) groups is 1. The molecule has 0 fully saturated rings. The van der Waals surface area contributed by atoms with Gasteiger partial charge in [-0.3, -0.25) is 4.79 Å². The summed E-state index contributed by atoms with van der Waals surface area (Å²) in [4.78, 5) is 12.1. The Morgan fingerprint density at radius 1 is 1.25 bits per heavy atom. The fourth-order valence-corrected chi connectivity index (χ4v) is 2.46. The fraction of sp³-hybridized carbons (Fsp3) is 0.133. The number of nitrogens with zero attached hydrogens (tertiary/aromatic N) is 2. The molecule has 3 rings (SSSR count). The van der Waals surface area contributed by atoms with E-state index in [0.29, 0.717) is 5.76 Å². The van der Waals surface area contributed by atoms with Crippen LogP contribution in [0.2, 0.25) is 0 Å². The minimum atomic E-state index is -1.03. The van der Waals surface area contributed by atoms with E-state index in [1.165, 1.54) is 12.3 Å². The molecule has 124 valence electrons. The van der Waals surface area contributed by atoms with E-state index in [2.05, 4.69) is 15.5 Å². The molecule has 1 aromatic carbocycles. The Morgan fingerprint density at radius 2 is 2.08 bits per heavy atom. The smallest absolute Gasteiger partial charge is 0.284 e. The predicted octanol–water partition coefficient (Wildman–Crippen LogP) is 3.73. The van der Waals surface area contributed by atoms with Crippen molar-refractivity contribution in [3.63, 3.8) is 0 Å². The Kier molecular flexibility index (Phi) is 4.61. The van der Waals surface area contributed by atoms with E-state index < -0.39 is 22.8 Å². The molecular formula is C15H11F2N3O3S. The molecule has 0 spiro atoms. The van der Waals surface area contributed by atoms with E-state index in [1.807, 2.05) is 0 Å². The van der Waals surface area contributed by atoms with Crippen LogP contribution >= 0.6 is 11.8 Å². The van der Waals surface area contributed by atoms with Gasteiger partial charge in [0.1, 0.15) is 0 Å². The minimum absolute atomic E-state index is 0.160. The summed E-state index contributed by atoms with van der Waals surface area (Å²) >= 11 is 1.03. The highest BCUT2D eigenvalue weighted by molar-refractivity contribution is 8.00. The standard InChI is InChI=1S/C15H11F2N3O3S/c1-8(13(21)18-9-4-5-10(16)11(17)7-9)24-15-20-19-14(23-15)12-3-2-6-22-12/h2-8H,1H3,(H,18,21)/t8-/m1/s1. The highest BCUT2D eigenvalue weighted by Gasteiger charge is 2.20. The molecule has 2 heterocycles. The van der Waals surface area contributed by atoms with Gasteiger partial charge in [0.2, 0.25) is 5.91 Å². The third-order valence-electron chi connectivity index (χ3n) is 2.97. The zero-order chi connectivity index (χ0) is 17.1. The molecule has 9 heteroatoms. The van der Waals surface area contributed by atoms with Crippen LogP contribution in [0.1, 0.15) is 6.92 Å². The maximum Gasteiger partial charge on any atom is 0.284 e. The van der Waals surface area contributed by atoms with Gasteiger partial charge < -0.3 is 14.2 Å². The van der Waals surface area contributed by atoms with Crippen LogP contribution in [-0.4, -0.2) is 21.4 Å². The molecule has 0 aliphatic rings. The van der Waals surface area contributed by atoms with Gasteiger partial charge >= 0.3 is 0 Å². The number of thioether (sulfide) groups is 1. The normalized spacial score (nSPS) is 12.1. The molecule has 0 aliphatic carbocycles. The van der Waals surface area contributed by atoms with Crippen LogP contribution in [0, 0.1) is 11.6 Å². The van der Waals surface area contributed by atoms with Crippen molar-refractivity contribution in [1.29, 1.82) is 0 Å². The van der Waals surface area contributed by atoms with Crippen LogP contribution in [0.5, 0.6) is 0 Å². The van der Waals surface area contributed by atoms with E-state index >= 15 is 0 Å². The summed E-state index contributed by atoms with van der Waals surface area (Å²) in [6, 6.07) is 6.48. The van der Waals surface area contributed by atoms with Crippen LogP contribution in [0.4, 0.5) is 14.5 Å². The molecule has 6 nitrogen and oxygen atoms in total. The quantitative estimate of drug-likeness (QED) is 0.706. The van der Waals surface area contributed by atoms with Crippen molar-refractivity contribution >= 4 is 23.4 Å². The first kappa shape index (κ1) is 16.2. The maximum absolute atomic E-state index is 13.1. The summed E-state index contributed by atoms with van der Waals surface area (Å²) in [6.45, 7) is 1.62. The van der Waals surface area contributed by atoms with Gasteiger partial charge in [-0.05, 0) is 31.2 Å². The number of nitrogens with one attached hydrogen (secondary N) is 1. The Hall–Kier alpha value is -2.68. The summed E-state index contributed by atoms with van der Waals surface area (Å²) in [6.07, 6.45) is 1.48. The lowest BCUT2D eigenvalue weighted by atomic mass is 10.3. The molecule has 0 unspecified atom stereocenters. The molecule has 0 saturated carbocycles. The van der Waals surface area contributed by atoms with Gasteiger partial charge in [0, 0.05) is 11.8 Å². The van der Waals surface area contributed by atoms with Crippen LogP contribution in [0.25, 0.3) is 11.7 Å². The van der Waals surface area contributed by atoms with Gasteiger partial charge in [0.15, 0.2) is 17.4 Å². The Balaban J connectivity index is 1.62. The highest BCUT2D eigenvalue weighted by Crippen LogP contribution is 2.27. The molecule has 0 aliphatic heterocycles. The number of rotatable bonds is 5. The first-order valence-electron chi connectivity index (χ1n) is 6.83. The molecular weight excluding hydrogens is 340 g/mol. The SMILES string of the molecule is C[C@@H](Sc1nnc(-c2ccco2)o1)C(=O)Nc1ccc(F)c(F)c1. The largest absolute Gasteiger partial charge is 0.459 e. The Morgan fingerprint density at radius 3 is 2.79 bits per heavy atom. The van der Waals surface area contributed by atoms with Gasteiger partial charge in [0.05, 0.1) is 11.5 Å². The van der Waals surface area contributed by atoms with Crippen molar-refractivity contribution in [3.8, 4) is 11.7 Å². The van der Waals surface area contributed by atoms with E-state index in [9.17, 15) is 13.6 Å². The van der Waals surface area contributed by atoms with Crippen molar-refractivity contribution in [3.05, 3.63) is 48.2 Å². The molecule has 24 heavy (non-hydrogen) atoms. The highest BCUT2D eigenvalue weighted by atomic mass is 32.2. The number of benzene rings is 1. The lowest BCUT2D eigenvalue weighted by Crippen LogP contribution is -2.22. The lowest BCUT2D eigenvalue weighted by Gasteiger charge is -2.10. The number of hydrogen-bond donors (Lipinski definition) is 1. The monoisotopic (exact) mass is 351 g/mol. The summed E-state index contributed by atoms with van der Waals surface area (Å²) < 4.78 is 36.5. The third kappa shape index (κ3) is 3.62. The number of anilines is 1. The Labute approximate surface area is 139 Å². The molecule has 0 radical (unpaired) electrons. The lowest BCUT2D eigenvalue weighted by molar-refractivity contribution is -0.115. The molecule has 2 aromatic heterocycles. The molecule has 0 saturated heterocycles. The maximum atomic E-state index is 13.1. The van der Waals surface area contributed by atoms with Crippen molar-refractivity contribution in [2.24, 2.45) is 0 Å². The van der Waals surface area contributed by atoms with E-state index in [1.54, 1.807) is 19.1 Å². The van der Waals surface area contributed by atoms with Crippen LogP contribution in [-0.2, 0) is 4.79 Å². The Bertz CT molecular complexity index is 852. The van der Waals surface area contributed by atoms with Crippen molar-refractivity contribution in [1.82, 2.24) is 10.2 Å². The van der Waals surface area contributed by atoms with Crippen LogP contribution in [0.15, 0.2) is 50.7 Å². The number of amides is 1. The second kappa shape index (κ2) is 6.83. The second-order valence-electron chi connectivity index (χ2n) is 4.73. The van der Waals surface area contributed by atoms with Gasteiger partial charge in [-0.15, -0.1) is 10.2 Å². The summed E-state index contributed by atoms with van der Waals surface area (Å²) in [5, 5.41) is 9.73. The summed E-state index contributed by atoms with van der Waals surface area (Å²) in [5.41, 5.74) is 0.160. The molecule has 1 amide bonds. The second-order valence-corrected chi connectivity index (χ2v) is 6.02. The molecule has 3 aromatic rings. The molecule has 1 atom stereocenters. The molecule has 1 N–H and O–H groups in total. The zero-order valence-corrected chi connectivity index (χ0v) is 13.1. The average Bonchev–Trinajstić information content (AvgIpc) is 3.21. The summed E-state index contributed by atoms with van der Waals surface area (Å²) in [5.74, 6) is -1.80. The number of hydrogen-bond acceptors (Lipinski definition) is 6. The topological polar surface area (TPSA) is 81.2 Å². The summed E-state index contributed by atoms with van der Waals surface area (Å²) in [7, 11) is 0. The van der Waals surface area contributed by atoms with Gasteiger partial charge in [-0.1, -0.05) is 11.8 Å². The van der Waals surface area contributed by atoms with E-state index in [-0.39, 0.29) is 16.8 Å². The number of carbonyl (C=O) groups excluding carboxylic acids is 1. The number of aromatic nitrogens is 2. The van der Waals surface area contributed by atoms with Gasteiger partial charge in [0.25, 0.3) is 11.1 Å². The zero-order valence-electron chi connectivity index (χ0n) is 12.3. The number of halogens is 2. The molecule has 0 bridgehead atoms. The van der Waals surface area contributed by atoms with Gasteiger partial charge in [-0.2, -0.15) is 0 Å².